The molecular formula is C12H11ClN6O. The zero-order valence-corrected chi connectivity index (χ0v) is 11.6. The Labute approximate surface area is 119 Å². The van der Waals surface area contributed by atoms with Gasteiger partial charge < -0.3 is 4.52 Å². The molecule has 0 N–H and O–H groups in total. The second kappa shape index (κ2) is 5.01. The van der Waals surface area contributed by atoms with Gasteiger partial charge in [-0.1, -0.05) is 16.8 Å². The Morgan fingerprint density at radius 1 is 1.30 bits per heavy atom. The van der Waals surface area contributed by atoms with E-state index in [1.165, 1.54) is 0 Å². The van der Waals surface area contributed by atoms with Gasteiger partial charge in [0, 0.05) is 6.20 Å². The lowest BCUT2D eigenvalue weighted by atomic mass is 10.3. The van der Waals surface area contributed by atoms with Crippen molar-refractivity contribution in [3.05, 3.63) is 41.1 Å². The summed E-state index contributed by atoms with van der Waals surface area (Å²) in [6.45, 7) is 3.75. The molecule has 3 heterocycles. The number of aryl methyl sites for hydroxylation is 1. The standard InChI is InChI=1S/C12H11ClN6O/c1-7-3-4-10(17-16-7)11-15-12(20-18-11)8(2)19-6-9(13)5-14-19/h3-6,8H,1-2H3. The monoisotopic (exact) mass is 290 g/mol. The van der Waals surface area contributed by atoms with Gasteiger partial charge in [0.05, 0.1) is 16.9 Å². The van der Waals surface area contributed by atoms with Crippen molar-refractivity contribution in [3.63, 3.8) is 0 Å². The fraction of sp³-hybridized carbons (Fsp3) is 0.250. The molecule has 3 aromatic heterocycles. The molecule has 0 radical (unpaired) electrons. The van der Waals surface area contributed by atoms with Gasteiger partial charge in [-0.3, -0.25) is 4.68 Å². The molecular weight excluding hydrogens is 280 g/mol. The van der Waals surface area contributed by atoms with Gasteiger partial charge in [0.1, 0.15) is 11.7 Å². The predicted octanol–water partition coefficient (Wildman–Crippen LogP) is 2.29. The lowest BCUT2D eigenvalue weighted by molar-refractivity contribution is 0.336. The molecule has 0 amide bonds. The van der Waals surface area contributed by atoms with Crippen molar-refractivity contribution >= 4 is 11.6 Å². The van der Waals surface area contributed by atoms with Crippen LogP contribution in [0.25, 0.3) is 11.5 Å². The fourth-order valence-corrected chi connectivity index (χ4v) is 1.81. The smallest absolute Gasteiger partial charge is 0.251 e. The Morgan fingerprint density at radius 3 is 2.80 bits per heavy atom. The third-order valence-corrected chi connectivity index (χ3v) is 2.99. The molecule has 7 nitrogen and oxygen atoms in total. The lowest BCUT2D eigenvalue weighted by Crippen LogP contribution is -2.07. The van der Waals surface area contributed by atoms with Crippen LogP contribution in [-0.4, -0.2) is 30.1 Å². The molecule has 102 valence electrons. The average molecular weight is 291 g/mol. The summed E-state index contributed by atoms with van der Waals surface area (Å²) < 4.78 is 6.90. The fourth-order valence-electron chi connectivity index (χ4n) is 1.67. The number of hydrogen-bond acceptors (Lipinski definition) is 6. The highest BCUT2D eigenvalue weighted by molar-refractivity contribution is 6.30. The summed E-state index contributed by atoms with van der Waals surface area (Å²) in [5.74, 6) is 0.833. The molecule has 0 saturated carbocycles. The van der Waals surface area contributed by atoms with Gasteiger partial charge in [-0.05, 0) is 26.0 Å². The van der Waals surface area contributed by atoms with Gasteiger partial charge in [-0.15, -0.1) is 5.10 Å². The summed E-state index contributed by atoms with van der Waals surface area (Å²) in [5.41, 5.74) is 1.40. The minimum atomic E-state index is -0.206. The van der Waals surface area contributed by atoms with Crippen LogP contribution in [0.3, 0.4) is 0 Å². The van der Waals surface area contributed by atoms with Gasteiger partial charge >= 0.3 is 0 Å². The van der Waals surface area contributed by atoms with Gasteiger partial charge in [-0.25, -0.2) is 0 Å². The minimum absolute atomic E-state index is 0.206. The first kappa shape index (κ1) is 12.7. The lowest BCUT2D eigenvalue weighted by Gasteiger charge is -2.05. The molecule has 0 saturated heterocycles. The SMILES string of the molecule is Cc1ccc(-c2noc(C(C)n3cc(Cl)cn3)n2)nn1. The molecule has 20 heavy (non-hydrogen) atoms. The zero-order valence-electron chi connectivity index (χ0n) is 10.9. The summed E-state index contributed by atoms with van der Waals surface area (Å²) in [6, 6.07) is 3.43. The second-order valence-corrected chi connectivity index (χ2v) is 4.77. The highest BCUT2D eigenvalue weighted by Crippen LogP contribution is 2.20. The maximum atomic E-state index is 5.84. The van der Waals surface area contributed by atoms with Crippen molar-refractivity contribution in [2.75, 3.05) is 0 Å². The summed E-state index contributed by atoms with van der Waals surface area (Å²) in [4.78, 5) is 4.31. The van der Waals surface area contributed by atoms with Gasteiger partial charge in [-0.2, -0.15) is 15.2 Å². The van der Waals surface area contributed by atoms with Crippen LogP contribution in [0.1, 0.15) is 24.6 Å². The van der Waals surface area contributed by atoms with E-state index in [1.807, 2.05) is 19.9 Å². The van der Waals surface area contributed by atoms with E-state index in [4.69, 9.17) is 16.1 Å². The number of nitrogens with zero attached hydrogens (tertiary/aromatic N) is 6. The summed E-state index contributed by atoms with van der Waals surface area (Å²) in [7, 11) is 0. The van der Waals surface area contributed by atoms with Crippen LogP contribution < -0.4 is 0 Å². The Kier molecular flexibility index (Phi) is 3.19. The van der Waals surface area contributed by atoms with E-state index >= 15 is 0 Å². The third kappa shape index (κ3) is 2.39. The number of hydrogen-bond donors (Lipinski definition) is 0. The van der Waals surface area contributed by atoms with Crippen molar-refractivity contribution in [2.45, 2.75) is 19.9 Å². The van der Waals surface area contributed by atoms with Crippen LogP contribution in [0.2, 0.25) is 5.02 Å². The van der Waals surface area contributed by atoms with E-state index in [1.54, 1.807) is 23.1 Å². The Bertz CT molecular complexity index is 720. The first-order valence-corrected chi connectivity index (χ1v) is 6.35. The van der Waals surface area contributed by atoms with E-state index in [-0.39, 0.29) is 6.04 Å². The van der Waals surface area contributed by atoms with Crippen LogP contribution in [0, 0.1) is 6.92 Å². The normalized spacial score (nSPS) is 12.6. The highest BCUT2D eigenvalue weighted by atomic mass is 35.5. The van der Waals surface area contributed by atoms with Crippen LogP contribution in [0.15, 0.2) is 29.0 Å². The molecule has 1 atom stereocenters. The van der Waals surface area contributed by atoms with Crippen molar-refractivity contribution in [3.8, 4) is 11.5 Å². The molecule has 0 aliphatic carbocycles. The molecule has 3 aromatic rings. The summed E-state index contributed by atoms with van der Waals surface area (Å²) in [5, 5.41) is 16.6. The zero-order chi connectivity index (χ0) is 14.1. The number of halogens is 1. The van der Waals surface area contributed by atoms with Crippen LogP contribution in [-0.2, 0) is 0 Å². The number of rotatable bonds is 3. The van der Waals surface area contributed by atoms with E-state index in [0.717, 1.165) is 5.69 Å². The van der Waals surface area contributed by atoms with E-state index < -0.39 is 0 Å². The molecule has 0 spiro atoms. The highest BCUT2D eigenvalue weighted by Gasteiger charge is 2.18. The van der Waals surface area contributed by atoms with E-state index in [2.05, 4.69) is 25.4 Å². The molecule has 8 heteroatoms. The van der Waals surface area contributed by atoms with Crippen molar-refractivity contribution in [1.29, 1.82) is 0 Å². The quantitative estimate of drug-likeness (QED) is 0.736. The third-order valence-electron chi connectivity index (χ3n) is 2.79. The second-order valence-electron chi connectivity index (χ2n) is 4.33. The van der Waals surface area contributed by atoms with Crippen LogP contribution >= 0.6 is 11.6 Å². The molecule has 0 bridgehead atoms. The van der Waals surface area contributed by atoms with E-state index in [9.17, 15) is 0 Å². The summed E-state index contributed by atoms with van der Waals surface area (Å²) >= 11 is 5.84. The molecule has 0 aromatic carbocycles. The molecule has 0 fully saturated rings. The topological polar surface area (TPSA) is 82.5 Å². The van der Waals surface area contributed by atoms with Crippen molar-refractivity contribution in [1.82, 2.24) is 30.1 Å². The van der Waals surface area contributed by atoms with Crippen molar-refractivity contribution < 1.29 is 4.52 Å². The van der Waals surface area contributed by atoms with Gasteiger partial charge in [0.25, 0.3) is 5.89 Å². The van der Waals surface area contributed by atoms with Crippen LogP contribution in [0.4, 0.5) is 0 Å². The van der Waals surface area contributed by atoms with Crippen molar-refractivity contribution in [2.24, 2.45) is 0 Å². The van der Waals surface area contributed by atoms with Gasteiger partial charge in [0.15, 0.2) is 0 Å². The number of aromatic nitrogens is 6. The Morgan fingerprint density at radius 2 is 2.15 bits per heavy atom. The average Bonchev–Trinajstić information content (AvgIpc) is 3.08. The Hall–Kier alpha value is -2.28. The first-order valence-electron chi connectivity index (χ1n) is 5.97. The van der Waals surface area contributed by atoms with Gasteiger partial charge in [0.2, 0.25) is 5.82 Å². The maximum absolute atomic E-state index is 5.84. The molecule has 0 aliphatic rings. The largest absolute Gasteiger partial charge is 0.337 e. The molecule has 1 unspecified atom stereocenters. The minimum Gasteiger partial charge on any atom is -0.337 e. The molecule has 0 aliphatic heterocycles. The first-order chi connectivity index (χ1) is 9.63. The maximum Gasteiger partial charge on any atom is 0.251 e. The van der Waals surface area contributed by atoms with E-state index in [0.29, 0.717) is 22.4 Å². The predicted molar refractivity (Wildman–Crippen MR) is 71.1 cm³/mol. The summed E-state index contributed by atoms with van der Waals surface area (Å²) in [6.07, 6.45) is 3.25. The Balaban J connectivity index is 1.88. The van der Waals surface area contributed by atoms with Crippen LogP contribution in [0.5, 0.6) is 0 Å². The molecule has 3 rings (SSSR count).